The van der Waals surface area contributed by atoms with Crippen LogP contribution in [0.1, 0.15) is 43.7 Å². The van der Waals surface area contributed by atoms with E-state index in [0.29, 0.717) is 11.9 Å². The van der Waals surface area contributed by atoms with E-state index in [1.165, 1.54) is 12.8 Å². The van der Waals surface area contributed by atoms with E-state index in [1.54, 1.807) is 6.92 Å². The van der Waals surface area contributed by atoms with Gasteiger partial charge in [0.15, 0.2) is 6.10 Å². The average Bonchev–Trinajstić information content (AvgIpc) is 3.14. The highest BCUT2D eigenvalue weighted by Gasteiger charge is 2.18. The summed E-state index contributed by atoms with van der Waals surface area (Å²) in [6.07, 6.45) is 4.42. The number of hydrogen-bond acceptors (Lipinski definition) is 3. The molecule has 2 aromatic rings. The zero-order valence-electron chi connectivity index (χ0n) is 16.0. The Morgan fingerprint density at radius 3 is 2.26 bits per heavy atom. The molecule has 0 bridgehead atoms. The number of carbonyl (C=O) groups excluding carboxylic acids is 1. The molecule has 1 saturated carbocycles. The average molecular weight is 388 g/mol. The molecule has 27 heavy (non-hydrogen) atoms. The highest BCUT2D eigenvalue weighted by atomic mass is 35.5. The summed E-state index contributed by atoms with van der Waals surface area (Å²) in [6.45, 7) is 5.57. The van der Waals surface area contributed by atoms with Gasteiger partial charge in [-0.25, -0.2) is 0 Å². The van der Waals surface area contributed by atoms with Crippen molar-refractivity contribution in [3.63, 3.8) is 0 Å². The van der Waals surface area contributed by atoms with Crippen molar-refractivity contribution in [2.24, 2.45) is 0 Å². The van der Waals surface area contributed by atoms with Crippen molar-refractivity contribution in [3.05, 3.63) is 52.5 Å². The molecule has 144 valence electrons. The number of rotatable bonds is 6. The first kappa shape index (κ1) is 19.6. The van der Waals surface area contributed by atoms with Crippen molar-refractivity contribution in [2.45, 2.75) is 58.7 Å². The van der Waals surface area contributed by atoms with Gasteiger partial charge >= 0.3 is 0 Å². The maximum absolute atomic E-state index is 12.4. The molecule has 0 aromatic heterocycles. The molecule has 3 rings (SSSR count). The van der Waals surface area contributed by atoms with Crippen LogP contribution in [0, 0.1) is 13.8 Å². The van der Waals surface area contributed by atoms with Crippen molar-refractivity contribution in [2.75, 3.05) is 5.32 Å². The van der Waals surface area contributed by atoms with E-state index < -0.39 is 6.10 Å². The summed E-state index contributed by atoms with van der Waals surface area (Å²) in [7, 11) is 0. The number of amides is 1. The van der Waals surface area contributed by atoms with Gasteiger partial charge in [0, 0.05) is 10.7 Å². The smallest absolute Gasteiger partial charge is 0.265 e. The summed E-state index contributed by atoms with van der Waals surface area (Å²) in [5.41, 5.74) is 2.58. The van der Waals surface area contributed by atoms with Gasteiger partial charge in [-0.2, -0.15) is 0 Å². The molecule has 1 aliphatic carbocycles. The van der Waals surface area contributed by atoms with Crippen molar-refractivity contribution in [3.8, 4) is 11.5 Å². The molecule has 1 unspecified atom stereocenters. The molecule has 1 fully saturated rings. The highest BCUT2D eigenvalue weighted by Crippen LogP contribution is 2.27. The van der Waals surface area contributed by atoms with E-state index in [1.807, 2.05) is 50.2 Å². The Hall–Kier alpha value is -2.20. The van der Waals surface area contributed by atoms with Gasteiger partial charge in [-0.1, -0.05) is 11.6 Å². The second-order valence-electron chi connectivity index (χ2n) is 7.17. The number of aryl methyl sites for hydroxylation is 2. The Kier molecular flexibility index (Phi) is 6.27. The molecule has 1 N–H and O–H groups in total. The largest absolute Gasteiger partial charge is 0.490 e. The van der Waals surface area contributed by atoms with Crippen molar-refractivity contribution in [1.82, 2.24) is 0 Å². The number of anilines is 1. The minimum Gasteiger partial charge on any atom is -0.490 e. The van der Waals surface area contributed by atoms with Crippen molar-refractivity contribution < 1.29 is 14.3 Å². The number of ether oxygens (including phenoxy) is 2. The second kappa shape index (κ2) is 8.66. The quantitative estimate of drug-likeness (QED) is 0.693. The second-order valence-corrected chi connectivity index (χ2v) is 7.55. The molecule has 0 spiro atoms. The fraction of sp³-hybridized carbons (Fsp3) is 0.409. The van der Waals surface area contributed by atoms with Crippen LogP contribution in [0.5, 0.6) is 11.5 Å². The molecule has 1 aliphatic rings. The third kappa shape index (κ3) is 5.16. The fourth-order valence-electron chi connectivity index (χ4n) is 3.29. The molecule has 2 aromatic carbocycles. The molecular formula is C22H26ClNO3. The van der Waals surface area contributed by atoms with E-state index in [4.69, 9.17) is 21.1 Å². The highest BCUT2D eigenvalue weighted by molar-refractivity contribution is 6.32. The summed E-state index contributed by atoms with van der Waals surface area (Å²) in [5, 5.41) is 3.60. The Morgan fingerprint density at radius 1 is 1.07 bits per heavy atom. The standard InChI is InChI=1S/C22H26ClNO3/c1-14-12-20(13-15(2)21(14)23)26-16(3)22(25)24-17-8-10-19(11-9-17)27-18-6-4-5-7-18/h8-13,16,18H,4-7H2,1-3H3,(H,24,25). The van der Waals surface area contributed by atoms with E-state index in [2.05, 4.69) is 5.32 Å². The van der Waals surface area contributed by atoms with Gasteiger partial charge in [-0.05, 0) is 94.0 Å². The molecule has 0 radical (unpaired) electrons. The first-order chi connectivity index (χ1) is 12.9. The predicted molar refractivity (Wildman–Crippen MR) is 109 cm³/mol. The van der Waals surface area contributed by atoms with Crippen LogP contribution in [0.3, 0.4) is 0 Å². The minimum atomic E-state index is -0.626. The lowest BCUT2D eigenvalue weighted by Gasteiger charge is -2.17. The van der Waals surface area contributed by atoms with E-state index >= 15 is 0 Å². The van der Waals surface area contributed by atoms with Crippen LogP contribution in [0.25, 0.3) is 0 Å². The van der Waals surface area contributed by atoms with Gasteiger partial charge in [0.05, 0.1) is 6.10 Å². The summed E-state index contributed by atoms with van der Waals surface area (Å²) in [5.74, 6) is 1.28. The lowest BCUT2D eigenvalue weighted by molar-refractivity contribution is -0.122. The lowest BCUT2D eigenvalue weighted by Crippen LogP contribution is -2.30. The summed E-state index contributed by atoms with van der Waals surface area (Å²) in [4.78, 5) is 12.4. The van der Waals surface area contributed by atoms with Gasteiger partial charge in [0.1, 0.15) is 11.5 Å². The van der Waals surface area contributed by atoms with Crippen LogP contribution in [0.15, 0.2) is 36.4 Å². The maximum Gasteiger partial charge on any atom is 0.265 e. The van der Waals surface area contributed by atoms with E-state index in [9.17, 15) is 4.79 Å². The molecule has 5 heteroatoms. The van der Waals surface area contributed by atoms with Gasteiger partial charge in [0.25, 0.3) is 5.91 Å². The van der Waals surface area contributed by atoms with E-state index in [0.717, 1.165) is 40.4 Å². The molecule has 0 heterocycles. The first-order valence-electron chi connectivity index (χ1n) is 9.43. The number of nitrogens with one attached hydrogen (secondary N) is 1. The molecule has 4 nitrogen and oxygen atoms in total. The zero-order chi connectivity index (χ0) is 19.4. The number of carbonyl (C=O) groups is 1. The summed E-state index contributed by atoms with van der Waals surface area (Å²) in [6, 6.07) is 11.2. The van der Waals surface area contributed by atoms with Gasteiger partial charge in [-0.15, -0.1) is 0 Å². The molecular weight excluding hydrogens is 362 g/mol. The van der Waals surface area contributed by atoms with Crippen molar-refractivity contribution >= 4 is 23.2 Å². The van der Waals surface area contributed by atoms with Crippen LogP contribution >= 0.6 is 11.6 Å². The number of hydrogen-bond donors (Lipinski definition) is 1. The Labute approximate surface area is 165 Å². The maximum atomic E-state index is 12.4. The molecule has 1 amide bonds. The van der Waals surface area contributed by atoms with E-state index in [-0.39, 0.29) is 5.91 Å². The van der Waals surface area contributed by atoms with Crippen LogP contribution in [-0.2, 0) is 4.79 Å². The molecule has 1 atom stereocenters. The zero-order valence-corrected chi connectivity index (χ0v) is 16.8. The minimum absolute atomic E-state index is 0.204. The Bertz CT molecular complexity index is 775. The normalized spacial score (nSPS) is 15.4. The van der Waals surface area contributed by atoms with Crippen LogP contribution < -0.4 is 14.8 Å². The van der Waals surface area contributed by atoms with Crippen LogP contribution in [0.2, 0.25) is 5.02 Å². The monoisotopic (exact) mass is 387 g/mol. The number of benzene rings is 2. The fourth-order valence-corrected chi connectivity index (χ4v) is 3.40. The van der Waals surface area contributed by atoms with Gasteiger partial charge < -0.3 is 14.8 Å². The number of halogens is 1. The molecule has 0 aliphatic heterocycles. The van der Waals surface area contributed by atoms with Crippen LogP contribution in [0.4, 0.5) is 5.69 Å². The Morgan fingerprint density at radius 2 is 1.67 bits per heavy atom. The topological polar surface area (TPSA) is 47.6 Å². The summed E-state index contributed by atoms with van der Waals surface area (Å²) < 4.78 is 11.7. The van der Waals surface area contributed by atoms with Gasteiger partial charge in [0.2, 0.25) is 0 Å². The van der Waals surface area contributed by atoms with Gasteiger partial charge in [-0.3, -0.25) is 4.79 Å². The van der Waals surface area contributed by atoms with Crippen LogP contribution in [-0.4, -0.2) is 18.1 Å². The third-order valence-electron chi connectivity index (χ3n) is 4.82. The first-order valence-corrected chi connectivity index (χ1v) is 9.81. The van der Waals surface area contributed by atoms with Crippen molar-refractivity contribution in [1.29, 1.82) is 0 Å². The SMILES string of the molecule is Cc1cc(OC(C)C(=O)Nc2ccc(OC3CCCC3)cc2)cc(C)c1Cl. The molecule has 0 saturated heterocycles. The predicted octanol–water partition coefficient (Wildman–Crippen LogP) is 5.68. The Balaban J connectivity index is 1.56. The third-order valence-corrected chi connectivity index (χ3v) is 5.42. The lowest BCUT2D eigenvalue weighted by atomic mass is 10.1. The summed E-state index contributed by atoms with van der Waals surface area (Å²) >= 11 is 6.18.